The molecule has 0 aliphatic rings. The second-order valence-electron chi connectivity index (χ2n) is 2.92. The third kappa shape index (κ3) is 2.28. The number of hydrogen-bond acceptors (Lipinski definition) is 1. The number of phenols is 1. The maximum Gasteiger partial charge on any atom is 0.134 e. The highest BCUT2D eigenvalue weighted by atomic mass is 35.5. The predicted molar refractivity (Wildman–Crippen MR) is 51.6 cm³/mol. The zero-order valence-corrected chi connectivity index (χ0v) is 7.73. The van der Waals surface area contributed by atoms with E-state index in [1.807, 2.05) is 13.0 Å². The van der Waals surface area contributed by atoms with Crippen molar-refractivity contribution in [2.24, 2.45) is 0 Å². The van der Waals surface area contributed by atoms with Gasteiger partial charge in [0.2, 0.25) is 0 Å². The summed E-state index contributed by atoms with van der Waals surface area (Å²) in [6, 6.07) is 5.20. The molecule has 0 aromatic heterocycles. The summed E-state index contributed by atoms with van der Waals surface area (Å²) in [6.45, 7) is 5.76. The summed E-state index contributed by atoms with van der Waals surface area (Å²) in [6.07, 6.45) is 0.806. The molecular weight excluding hydrogens is 172 g/mol. The van der Waals surface area contributed by atoms with Crippen LogP contribution in [-0.2, 0) is 6.42 Å². The van der Waals surface area contributed by atoms with Gasteiger partial charge in [-0.3, -0.25) is 0 Å². The second kappa shape index (κ2) is 3.63. The molecule has 0 unspecified atom stereocenters. The van der Waals surface area contributed by atoms with E-state index in [1.165, 1.54) is 0 Å². The molecule has 0 fully saturated rings. The molecule has 1 nitrogen and oxygen atoms in total. The van der Waals surface area contributed by atoms with Crippen LogP contribution in [0.15, 0.2) is 30.4 Å². The summed E-state index contributed by atoms with van der Waals surface area (Å²) in [5.74, 6) is 0.127. The Morgan fingerprint density at radius 2 is 2.25 bits per heavy atom. The van der Waals surface area contributed by atoms with Gasteiger partial charge in [0.05, 0.1) is 5.02 Å². The van der Waals surface area contributed by atoms with Crippen LogP contribution >= 0.6 is 11.6 Å². The standard InChI is InChI=1S/C10H11ClO/c1-7(2)5-8-3-4-10(12)9(11)6-8/h3-4,6,12H,1,5H2,2H3. The van der Waals surface area contributed by atoms with Gasteiger partial charge in [0.1, 0.15) is 5.75 Å². The van der Waals surface area contributed by atoms with Gasteiger partial charge in [-0.05, 0) is 31.0 Å². The minimum Gasteiger partial charge on any atom is -0.506 e. The lowest BCUT2D eigenvalue weighted by Crippen LogP contribution is -1.84. The first-order valence-corrected chi connectivity index (χ1v) is 4.09. The number of benzene rings is 1. The fraction of sp³-hybridized carbons (Fsp3) is 0.200. The zero-order valence-electron chi connectivity index (χ0n) is 6.97. The van der Waals surface area contributed by atoms with E-state index in [0.29, 0.717) is 5.02 Å². The van der Waals surface area contributed by atoms with Gasteiger partial charge in [-0.15, -0.1) is 0 Å². The molecule has 1 aromatic rings. The van der Waals surface area contributed by atoms with E-state index < -0.39 is 0 Å². The molecule has 1 aromatic carbocycles. The van der Waals surface area contributed by atoms with Crippen molar-refractivity contribution in [3.8, 4) is 5.75 Å². The molecular formula is C10H11ClO. The Kier molecular flexibility index (Phi) is 2.77. The van der Waals surface area contributed by atoms with Gasteiger partial charge in [-0.25, -0.2) is 0 Å². The molecule has 0 saturated heterocycles. The topological polar surface area (TPSA) is 20.2 Å². The minimum absolute atomic E-state index is 0.127. The molecule has 0 amide bonds. The molecule has 64 valence electrons. The van der Waals surface area contributed by atoms with E-state index in [1.54, 1.807) is 12.1 Å². The number of hydrogen-bond donors (Lipinski definition) is 1. The van der Waals surface area contributed by atoms with Crippen molar-refractivity contribution in [2.45, 2.75) is 13.3 Å². The van der Waals surface area contributed by atoms with Crippen LogP contribution < -0.4 is 0 Å². The normalized spacial score (nSPS) is 9.83. The van der Waals surface area contributed by atoms with E-state index in [9.17, 15) is 0 Å². The van der Waals surface area contributed by atoms with Gasteiger partial charge >= 0.3 is 0 Å². The number of rotatable bonds is 2. The fourth-order valence-electron chi connectivity index (χ4n) is 1.01. The van der Waals surface area contributed by atoms with Gasteiger partial charge in [-0.1, -0.05) is 29.8 Å². The Morgan fingerprint density at radius 3 is 2.75 bits per heavy atom. The summed E-state index contributed by atoms with van der Waals surface area (Å²) < 4.78 is 0. The summed E-state index contributed by atoms with van der Waals surface area (Å²) >= 11 is 5.72. The van der Waals surface area contributed by atoms with Crippen LogP contribution in [0.25, 0.3) is 0 Å². The molecule has 0 bridgehead atoms. The first-order valence-electron chi connectivity index (χ1n) is 3.71. The van der Waals surface area contributed by atoms with E-state index >= 15 is 0 Å². The molecule has 0 aliphatic heterocycles. The van der Waals surface area contributed by atoms with Gasteiger partial charge in [0.15, 0.2) is 0 Å². The maximum atomic E-state index is 9.12. The third-order valence-electron chi connectivity index (χ3n) is 1.52. The van der Waals surface area contributed by atoms with Gasteiger partial charge in [0, 0.05) is 0 Å². The van der Waals surface area contributed by atoms with Gasteiger partial charge < -0.3 is 5.11 Å². The van der Waals surface area contributed by atoms with Crippen LogP contribution in [0, 0.1) is 0 Å². The molecule has 0 atom stereocenters. The molecule has 0 heterocycles. The van der Waals surface area contributed by atoms with E-state index in [2.05, 4.69) is 6.58 Å². The number of phenolic OH excluding ortho intramolecular Hbond substituents is 1. The lowest BCUT2D eigenvalue weighted by molar-refractivity contribution is 0.475. The number of allylic oxidation sites excluding steroid dienone is 1. The van der Waals surface area contributed by atoms with E-state index in [-0.39, 0.29) is 5.75 Å². The highest BCUT2D eigenvalue weighted by molar-refractivity contribution is 6.32. The highest BCUT2D eigenvalue weighted by Gasteiger charge is 1.99. The molecule has 0 spiro atoms. The van der Waals surface area contributed by atoms with E-state index in [4.69, 9.17) is 16.7 Å². The zero-order chi connectivity index (χ0) is 9.14. The first-order chi connectivity index (χ1) is 5.59. The second-order valence-corrected chi connectivity index (χ2v) is 3.33. The average molecular weight is 183 g/mol. The largest absolute Gasteiger partial charge is 0.506 e. The maximum absolute atomic E-state index is 9.12. The highest BCUT2D eigenvalue weighted by Crippen LogP contribution is 2.24. The molecule has 2 heteroatoms. The Balaban J connectivity index is 2.89. The summed E-state index contributed by atoms with van der Waals surface area (Å²) in [4.78, 5) is 0. The van der Waals surface area contributed by atoms with Crippen LogP contribution in [0.1, 0.15) is 12.5 Å². The lowest BCUT2D eigenvalue weighted by atomic mass is 10.1. The van der Waals surface area contributed by atoms with Crippen LogP contribution in [0.4, 0.5) is 0 Å². The van der Waals surface area contributed by atoms with Crippen molar-refractivity contribution in [1.29, 1.82) is 0 Å². The number of halogens is 1. The lowest BCUT2D eigenvalue weighted by Gasteiger charge is -2.02. The molecule has 0 aliphatic carbocycles. The Morgan fingerprint density at radius 1 is 1.58 bits per heavy atom. The molecule has 0 radical (unpaired) electrons. The fourth-order valence-corrected chi connectivity index (χ4v) is 1.21. The molecule has 1 rings (SSSR count). The summed E-state index contributed by atoms with van der Waals surface area (Å²) in [5, 5.41) is 9.52. The Labute approximate surface area is 77.3 Å². The Hall–Kier alpha value is -0.950. The molecule has 12 heavy (non-hydrogen) atoms. The molecule has 1 N–H and O–H groups in total. The number of aromatic hydroxyl groups is 1. The quantitative estimate of drug-likeness (QED) is 0.697. The minimum atomic E-state index is 0.127. The van der Waals surface area contributed by atoms with Crippen molar-refractivity contribution in [3.63, 3.8) is 0 Å². The van der Waals surface area contributed by atoms with Gasteiger partial charge in [0.25, 0.3) is 0 Å². The van der Waals surface area contributed by atoms with Gasteiger partial charge in [-0.2, -0.15) is 0 Å². The summed E-state index contributed by atoms with van der Waals surface area (Å²) in [7, 11) is 0. The van der Waals surface area contributed by atoms with Crippen LogP contribution in [0.5, 0.6) is 5.75 Å². The van der Waals surface area contributed by atoms with E-state index in [0.717, 1.165) is 17.6 Å². The van der Waals surface area contributed by atoms with Crippen molar-refractivity contribution in [2.75, 3.05) is 0 Å². The average Bonchev–Trinajstić information content (AvgIpc) is 1.96. The molecule has 0 saturated carbocycles. The monoisotopic (exact) mass is 182 g/mol. The SMILES string of the molecule is C=C(C)Cc1ccc(O)c(Cl)c1. The van der Waals surface area contributed by atoms with Crippen LogP contribution in [-0.4, -0.2) is 5.11 Å². The van der Waals surface area contributed by atoms with Crippen LogP contribution in [0.2, 0.25) is 5.02 Å². The third-order valence-corrected chi connectivity index (χ3v) is 1.82. The van der Waals surface area contributed by atoms with Crippen LogP contribution in [0.3, 0.4) is 0 Å². The Bertz CT molecular complexity index is 305. The van der Waals surface area contributed by atoms with Crippen molar-refractivity contribution in [3.05, 3.63) is 40.9 Å². The predicted octanol–water partition coefficient (Wildman–Crippen LogP) is 3.16. The van der Waals surface area contributed by atoms with Crippen molar-refractivity contribution >= 4 is 11.6 Å². The summed E-state index contributed by atoms with van der Waals surface area (Å²) in [5.41, 5.74) is 2.15. The smallest absolute Gasteiger partial charge is 0.134 e. The van der Waals surface area contributed by atoms with Crippen molar-refractivity contribution in [1.82, 2.24) is 0 Å². The first kappa shape index (κ1) is 9.14. The van der Waals surface area contributed by atoms with Crippen molar-refractivity contribution < 1.29 is 5.11 Å².